The Balaban J connectivity index is 1.88. The number of amides is 1. The smallest absolute Gasteiger partial charge is 0.244 e. The van der Waals surface area contributed by atoms with Crippen molar-refractivity contribution in [1.82, 2.24) is 5.16 Å². The number of anilines is 2. The first kappa shape index (κ1) is 13.1. The summed E-state index contributed by atoms with van der Waals surface area (Å²) in [5.74, 6) is 0.384. The second kappa shape index (κ2) is 5.51. The highest BCUT2D eigenvalue weighted by Crippen LogP contribution is 2.13. The van der Waals surface area contributed by atoms with Crippen LogP contribution in [0.3, 0.4) is 0 Å². The number of carbonyl (C=O) groups excluding carboxylic acids is 1. The van der Waals surface area contributed by atoms with Gasteiger partial charge in [-0.3, -0.25) is 4.79 Å². The third kappa shape index (κ3) is 3.54. The summed E-state index contributed by atoms with van der Waals surface area (Å²) >= 11 is 0. The zero-order valence-corrected chi connectivity index (χ0v) is 10.7. The van der Waals surface area contributed by atoms with Crippen LogP contribution < -0.4 is 10.6 Å². The predicted octanol–water partition coefficient (Wildman–Crippen LogP) is 2.48. The van der Waals surface area contributed by atoms with Crippen LogP contribution in [0.4, 0.5) is 15.9 Å². The molecule has 0 unspecified atom stereocenters. The molecule has 0 bridgehead atoms. The van der Waals surface area contributed by atoms with Crippen molar-refractivity contribution in [2.24, 2.45) is 0 Å². The lowest BCUT2D eigenvalue weighted by atomic mass is 10.2. The second-order valence-corrected chi connectivity index (χ2v) is 4.19. The van der Waals surface area contributed by atoms with Gasteiger partial charge in [0.25, 0.3) is 0 Å². The topological polar surface area (TPSA) is 67.2 Å². The summed E-state index contributed by atoms with van der Waals surface area (Å²) in [5.41, 5.74) is 1.11. The van der Waals surface area contributed by atoms with E-state index in [0.717, 1.165) is 0 Å². The average molecular weight is 263 g/mol. The fourth-order valence-electron chi connectivity index (χ4n) is 1.50. The number of hydrogen-bond acceptors (Lipinski definition) is 4. The van der Waals surface area contributed by atoms with Crippen LogP contribution in [0.15, 0.2) is 28.8 Å². The first-order valence-electron chi connectivity index (χ1n) is 5.78. The molecule has 19 heavy (non-hydrogen) atoms. The molecule has 100 valence electrons. The number of benzene rings is 1. The molecule has 0 saturated heterocycles. The molecule has 2 rings (SSSR count). The molecule has 0 aliphatic carbocycles. The molecule has 0 saturated carbocycles. The Morgan fingerprint density at radius 3 is 2.79 bits per heavy atom. The summed E-state index contributed by atoms with van der Waals surface area (Å²) in [6, 6.07) is 6.33. The molecule has 0 aliphatic heterocycles. The maximum absolute atomic E-state index is 13.3. The van der Waals surface area contributed by atoms with E-state index in [2.05, 4.69) is 15.8 Å². The van der Waals surface area contributed by atoms with Crippen LogP contribution in [0.25, 0.3) is 0 Å². The molecule has 0 radical (unpaired) electrons. The van der Waals surface area contributed by atoms with E-state index in [9.17, 15) is 9.18 Å². The summed E-state index contributed by atoms with van der Waals surface area (Å²) in [5, 5.41) is 9.03. The minimum atomic E-state index is -0.308. The Bertz CT molecular complexity index is 595. The SMILES string of the molecule is Cc1cc(NC(=O)CNc2ccc(C)c(F)c2)no1. The summed E-state index contributed by atoms with van der Waals surface area (Å²) in [6.45, 7) is 3.43. The van der Waals surface area contributed by atoms with Gasteiger partial charge in [-0.25, -0.2) is 4.39 Å². The number of hydrogen-bond donors (Lipinski definition) is 2. The lowest BCUT2D eigenvalue weighted by Gasteiger charge is -2.06. The van der Waals surface area contributed by atoms with Crippen molar-refractivity contribution < 1.29 is 13.7 Å². The molecule has 5 nitrogen and oxygen atoms in total. The standard InChI is InChI=1S/C13H14FN3O2/c1-8-3-4-10(6-11(8)14)15-7-13(18)16-12-5-9(2)19-17-12/h3-6,15H,7H2,1-2H3,(H,16,17,18). The number of rotatable bonds is 4. The van der Waals surface area contributed by atoms with E-state index >= 15 is 0 Å². The number of carbonyl (C=O) groups is 1. The minimum absolute atomic E-state index is 0.0222. The molecule has 1 heterocycles. The molecule has 2 N–H and O–H groups in total. The van der Waals surface area contributed by atoms with Gasteiger partial charge in [-0.15, -0.1) is 0 Å². The van der Waals surface area contributed by atoms with Crippen molar-refractivity contribution in [1.29, 1.82) is 0 Å². The summed E-state index contributed by atoms with van der Waals surface area (Å²) in [7, 11) is 0. The third-order valence-corrected chi connectivity index (χ3v) is 2.52. The lowest BCUT2D eigenvalue weighted by Crippen LogP contribution is -2.21. The normalized spacial score (nSPS) is 10.3. The number of aryl methyl sites for hydroxylation is 2. The minimum Gasteiger partial charge on any atom is -0.376 e. The maximum atomic E-state index is 13.3. The van der Waals surface area contributed by atoms with Gasteiger partial charge in [0, 0.05) is 11.8 Å². The molecule has 1 amide bonds. The highest BCUT2D eigenvalue weighted by atomic mass is 19.1. The Kier molecular flexibility index (Phi) is 3.79. The number of aromatic nitrogens is 1. The van der Waals surface area contributed by atoms with Crippen molar-refractivity contribution in [3.05, 3.63) is 41.4 Å². The molecule has 6 heteroatoms. The molecule has 2 aromatic rings. The molecule has 0 spiro atoms. The van der Waals surface area contributed by atoms with Crippen LogP contribution in [0.1, 0.15) is 11.3 Å². The average Bonchev–Trinajstić information content (AvgIpc) is 2.76. The molecular formula is C13H14FN3O2. The monoisotopic (exact) mass is 263 g/mol. The van der Waals surface area contributed by atoms with Gasteiger partial charge in [0.15, 0.2) is 5.82 Å². The first-order chi connectivity index (χ1) is 9.04. The van der Waals surface area contributed by atoms with Gasteiger partial charge in [0.1, 0.15) is 11.6 Å². The van der Waals surface area contributed by atoms with E-state index in [0.29, 0.717) is 22.8 Å². The van der Waals surface area contributed by atoms with E-state index < -0.39 is 0 Å². The van der Waals surface area contributed by atoms with Crippen molar-refractivity contribution in [3.63, 3.8) is 0 Å². The number of nitrogens with zero attached hydrogens (tertiary/aromatic N) is 1. The van der Waals surface area contributed by atoms with Gasteiger partial charge in [0.2, 0.25) is 5.91 Å². The van der Waals surface area contributed by atoms with E-state index in [1.807, 2.05) is 0 Å². The fraction of sp³-hybridized carbons (Fsp3) is 0.231. The third-order valence-electron chi connectivity index (χ3n) is 2.52. The molecule has 0 atom stereocenters. The van der Waals surface area contributed by atoms with Crippen molar-refractivity contribution in [3.8, 4) is 0 Å². The Morgan fingerprint density at radius 1 is 1.37 bits per heavy atom. The molecule has 0 aliphatic rings. The second-order valence-electron chi connectivity index (χ2n) is 4.19. The largest absolute Gasteiger partial charge is 0.376 e. The van der Waals surface area contributed by atoms with Crippen molar-refractivity contribution in [2.45, 2.75) is 13.8 Å². The van der Waals surface area contributed by atoms with E-state index in [1.165, 1.54) is 6.07 Å². The number of halogens is 1. The zero-order chi connectivity index (χ0) is 13.8. The predicted molar refractivity (Wildman–Crippen MR) is 69.5 cm³/mol. The maximum Gasteiger partial charge on any atom is 0.244 e. The lowest BCUT2D eigenvalue weighted by molar-refractivity contribution is -0.114. The molecule has 1 aromatic heterocycles. The van der Waals surface area contributed by atoms with Crippen LogP contribution in [0, 0.1) is 19.7 Å². The van der Waals surface area contributed by atoms with Crippen LogP contribution in [0.2, 0.25) is 0 Å². The van der Waals surface area contributed by atoms with Crippen molar-refractivity contribution >= 4 is 17.4 Å². The van der Waals surface area contributed by atoms with Gasteiger partial charge in [-0.1, -0.05) is 11.2 Å². The Hall–Kier alpha value is -2.37. The van der Waals surface area contributed by atoms with Crippen molar-refractivity contribution in [2.75, 3.05) is 17.2 Å². The number of nitrogens with one attached hydrogen (secondary N) is 2. The van der Waals surface area contributed by atoms with Gasteiger partial charge < -0.3 is 15.2 Å². The summed E-state index contributed by atoms with van der Waals surface area (Å²) in [4.78, 5) is 11.6. The van der Waals surface area contributed by atoms with Crippen LogP contribution in [-0.2, 0) is 4.79 Å². The highest BCUT2D eigenvalue weighted by Gasteiger charge is 2.06. The summed E-state index contributed by atoms with van der Waals surface area (Å²) < 4.78 is 18.1. The van der Waals surface area contributed by atoms with Crippen LogP contribution in [0.5, 0.6) is 0 Å². The molecular weight excluding hydrogens is 249 g/mol. The van der Waals surface area contributed by atoms with Gasteiger partial charge in [0.05, 0.1) is 6.54 Å². The first-order valence-corrected chi connectivity index (χ1v) is 5.78. The highest BCUT2D eigenvalue weighted by molar-refractivity contribution is 5.92. The zero-order valence-electron chi connectivity index (χ0n) is 10.7. The Labute approximate surface area is 109 Å². The van der Waals surface area contributed by atoms with E-state index in [4.69, 9.17) is 4.52 Å². The quantitative estimate of drug-likeness (QED) is 0.889. The summed E-state index contributed by atoms with van der Waals surface area (Å²) in [6.07, 6.45) is 0. The van der Waals surface area contributed by atoms with E-state index in [-0.39, 0.29) is 18.3 Å². The molecule has 0 fully saturated rings. The van der Waals surface area contributed by atoms with Crippen LogP contribution >= 0.6 is 0 Å². The van der Waals surface area contributed by atoms with E-state index in [1.54, 1.807) is 32.0 Å². The Morgan fingerprint density at radius 2 is 2.16 bits per heavy atom. The van der Waals surface area contributed by atoms with Gasteiger partial charge in [-0.05, 0) is 31.5 Å². The van der Waals surface area contributed by atoms with Crippen LogP contribution in [-0.4, -0.2) is 17.6 Å². The van der Waals surface area contributed by atoms with Gasteiger partial charge >= 0.3 is 0 Å². The van der Waals surface area contributed by atoms with Gasteiger partial charge in [-0.2, -0.15) is 0 Å². The molecule has 1 aromatic carbocycles. The fourth-order valence-corrected chi connectivity index (χ4v) is 1.50.